The quantitative estimate of drug-likeness (QED) is 0.529. The van der Waals surface area contributed by atoms with E-state index in [1.165, 1.54) is 0 Å². The van der Waals surface area contributed by atoms with Crippen LogP contribution in [0.25, 0.3) is 11.1 Å². The summed E-state index contributed by atoms with van der Waals surface area (Å²) in [7, 11) is 0. The Hall–Kier alpha value is -3.85. The van der Waals surface area contributed by atoms with Crippen molar-refractivity contribution in [3.05, 3.63) is 70.7 Å². The minimum absolute atomic E-state index is 0.00606. The van der Waals surface area contributed by atoms with Gasteiger partial charge in [-0.3, -0.25) is 19.1 Å². The Kier molecular flexibility index (Phi) is 7.41. The summed E-state index contributed by atoms with van der Waals surface area (Å²) in [5, 5.41) is 6.07. The lowest BCUT2D eigenvalue weighted by Crippen LogP contribution is -2.57. The number of nitrogens with one attached hydrogen (secondary N) is 2. The van der Waals surface area contributed by atoms with Crippen LogP contribution in [0, 0.1) is 0 Å². The molecule has 9 heteroatoms. The molecule has 0 radical (unpaired) electrons. The van der Waals surface area contributed by atoms with E-state index in [-0.39, 0.29) is 37.0 Å². The van der Waals surface area contributed by atoms with Gasteiger partial charge in [0.1, 0.15) is 5.75 Å². The SMILES string of the molecule is CCn1c(=O)oc2cc(NC(=O)CN3CCC[C@H]4NC(=O)COc5ccccc5C/C=C/C[C@H]43)ccc21. The molecule has 194 valence electrons. The van der Waals surface area contributed by atoms with Crippen LogP contribution < -0.4 is 21.1 Å². The summed E-state index contributed by atoms with van der Waals surface area (Å²) in [6.45, 7) is 3.32. The van der Waals surface area contributed by atoms with E-state index in [1.807, 2.05) is 31.2 Å². The fourth-order valence-corrected chi connectivity index (χ4v) is 5.28. The van der Waals surface area contributed by atoms with Gasteiger partial charge in [-0.05, 0) is 62.9 Å². The van der Waals surface area contributed by atoms with E-state index in [1.54, 1.807) is 22.8 Å². The molecular formula is C28H32N4O5. The standard InChI is InChI=1S/C28H32N4O5/c1-2-32-23-14-13-20(16-25(23)37-28(32)35)29-26(33)17-31-15-7-10-21-22(31)11-5-3-8-19-9-4-6-12-24(19)36-18-27(34)30-21/h3-6,9,12-14,16,21-22H,2,7-8,10-11,15,17-18H2,1H3,(H,29,33)(H,30,34)/b5-3+/t21-,22-/m1/s1. The van der Waals surface area contributed by atoms with Gasteiger partial charge in [0.05, 0.1) is 12.1 Å². The van der Waals surface area contributed by atoms with Crippen LogP contribution in [-0.4, -0.2) is 53.1 Å². The first-order valence-electron chi connectivity index (χ1n) is 12.8. The predicted molar refractivity (Wildman–Crippen MR) is 141 cm³/mol. The Bertz CT molecular complexity index is 1370. The van der Waals surface area contributed by atoms with Crippen LogP contribution in [0.4, 0.5) is 5.69 Å². The number of ether oxygens (including phenoxy) is 1. The van der Waals surface area contributed by atoms with Gasteiger partial charge in [0.15, 0.2) is 12.2 Å². The van der Waals surface area contributed by atoms with Gasteiger partial charge < -0.3 is 19.8 Å². The van der Waals surface area contributed by atoms with Gasteiger partial charge in [-0.2, -0.15) is 0 Å². The molecule has 1 fully saturated rings. The van der Waals surface area contributed by atoms with Crippen molar-refractivity contribution < 1.29 is 18.7 Å². The van der Waals surface area contributed by atoms with Crippen molar-refractivity contribution >= 4 is 28.6 Å². The molecule has 0 saturated carbocycles. The largest absolute Gasteiger partial charge is 0.483 e. The van der Waals surface area contributed by atoms with E-state index in [2.05, 4.69) is 27.7 Å². The summed E-state index contributed by atoms with van der Waals surface area (Å²) in [6, 6.07) is 12.9. The Morgan fingerprint density at radius 3 is 2.89 bits per heavy atom. The van der Waals surface area contributed by atoms with Crippen LogP contribution in [0.3, 0.4) is 0 Å². The maximum atomic E-state index is 13.0. The van der Waals surface area contributed by atoms with E-state index in [9.17, 15) is 14.4 Å². The number of nitrogens with zero attached hydrogens (tertiary/aromatic N) is 2. The highest BCUT2D eigenvalue weighted by molar-refractivity contribution is 5.94. The molecule has 0 aliphatic carbocycles. The molecule has 0 bridgehead atoms. The fraction of sp³-hybridized carbons (Fsp3) is 0.393. The molecule has 5 rings (SSSR count). The number of anilines is 1. The smallest absolute Gasteiger partial charge is 0.419 e. The first-order valence-corrected chi connectivity index (χ1v) is 12.8. The van der Waals surface area contributed by atoms with E-state index >= 15 is 0 Å². The number of hydrogen-bond donors (Lipinski definition) is 2. The molecule has 37 heavy (non-hydrogen) atoms. The molecule has 9 nitrogen and oxygen atoms in total. The van der Waals surface area contributed by atoms with Gasteiger partial charge in [-0.15, -0.1) is 0 Å². The number of likely N-dealkylation sites (tertiary alicyclic amines) is 1. The molecule has 2 atom stereocenters. The number of para-hydroxylation sites is 1. The zero-order chi connectivity index (χ0) is 25.8. The van der Waals surface area contributed by atoms with Crippen molar-refractivity contribution in [3.63, 3.8) is 0 Å². The number of carbonyl (C=O) groups excluding carboxylic acids is 2. The van der Waals surface area contributed by atoms with E-state index in [4.69, 9.17) is 9.15 Å². The minimum Gasteiger partial charge on any atom is -0.483 e. The topological polar surface area (TPSA) is 106 Å². The highest BCUT2D eigenvalue weighted by Crippen LogP contribution is 2.24. The second-order valence-corrected chi connectivity index (χ2v) is 9.50. The molecule has 1 aromatic heterocycles. The van der Waals surface area contributed by atoms with Crippen molar-refractivity contribution in [2.24, 2.45) is 0 Å². The first kappa shape index (κ1) is 24.8. The normalized spacial score (nSPS) is 21.5. The van der Waals surface area contributed by atoms with Crippen molar-refractivity contribution in [3.8, 4) is 5.75 Å². The van der Waals surface area contributed by atoms with Crippen molar-refractivity contribution in [2.45, 2.75) is 51.2 Å². The Balaban J connectivity index is 1.29. The Morgan fingerprint density at radius 1 is 1.16 bits per heavy atom. The molecule has 2 N–H and O–H groups in total. The maximum Gasteiger partial charge on any atom is 0.419 e. The van der Waals surface area contributed by atoms with E-state index in [0.717, 1.165) is 37.1 Å². The molecule has 2 aromatic carbocycles. The third-order valence-corrected chi connectivity index (χ3v) is 7.07. The van der Waals surface area contributed by atoms with Gasteiger partial charge in [-0.1, -0.05) is 30.4 Å². The van der Waals surface area contributed by atoms with Crippen molar-refractivity contribution in [1.82, 2.24) is 14.8 Å². The summed E-state index contributed by atoms with van der Waals surface area (Å²) in [5.41, 5.74) is 2.75. The Labute approximate surface area is 215 Å². The van der Waals surface area contributed by atoms with Gasteiger partial charge in [-0.25, -0.2) is 4.79 Å². The number of rotatable bonds is 4. The number of fused-ring (bicyclic) bond motifs is 3. The Morgan fingerprint density at radius 2 is 2.03 bits per heavy atom. The molecule has 0 spiro atoms. The maximum absolute atomic E-state index is 13.0. The zero-order valence-electron chi connectivity index (χ0n) is 20.9. The lowest BCUT2D eigenvalue weighted by molar-refractivity contribution is -0.124. The highest BCUT2D eigenvalue weighted by atomic mass is 16.5. The molecule has 3 heterocycles. The highest BCUT2D eigenvalue weighted by Gasteiger charge is 2.33. The number of oxazole rings is 1. The van der Waals surface area contributed by atoms with E-state index < -0.39 is 5.76 Å². The number of carbonyl (C=O) groups is 2. The number of aryl methyl sites for hydroxylation is 1. The number of amides is 2. The number of piperidine rings is 1. The van der Waals surface area contributed by atoms with Crippen LogP contribution in [0.2, 0.25) is 0 Å². The average Bonchev–Trinajstić information content (AvgIpc) is 3.20. The zero-order valence-corrected chi connectivity index (χ0v) is 20.9. The lowest BCUT2D eigenvalue weighted by Gasteiger charge is -2.41. The van der Waals surface area contributed by atoms with Crippen LogP contribution in [0.5, 0.6) is 5.75 Å². The second-order valence-electron chi connectivity index (χ2n) is 9.50. The molecule has 2 aliphatic heterocycles. The molecule has 0 unspecified atom stereocenters. The van der Waals surface area contributed by atoms with Gasteiger partial charge in [0.25, 0.3) is 5.91 Å². The second kappa shape index (κ2) is 11.0. The van der Waals surface area contributed by atoms with Gasteiger partial charge in [0, 0.05) is 30.4 Å². The van der Waals surface area contributed by atoms with Crippen LogP contribution in [-0.2, 0) is 22.6 Å². The number of benzene rings is 2. The lowest BCUT2D eigenvalue weighted by atomic mass is 9.92. The van der Waals surface area contributed by atoms with Crippen molar-refractivity contribution in [1.29, 1.82) is 0 Å². The summed E-state index contributed by atoms with van der Waals surface area (Å²) < 4.78 is 12.7. The monoisotopic (exact) mass is 504 g/mol. The first-order chi connectivity index (χ1) is 18.0. The minimum atomic E-state index is -0.410. The third-order valence-electron chi connectivity index (χ3n) is 7.07. The summed E-state index contributed by atoms with van der Waals surface area (Å²) in [4.78, 5) is 39.8. The van der Waals surface area contributed by atoms with E-state index in [0.29, 0.717) is 29.8 Å². The number of allylic oxidation sites excluding steroid dienone is 1. The fourth-order valence-electron chi connectivity index (χ4n) is 5.28. The third kappa shape index (κ3) is 5.61. The molecule has 2 aliphatic rings. The predicted octanol–water partition coefficient (Wildman–Crippen LogP) is 3.08. The number of aromatic nitrogens is 1. The average molecular weight is 505 g/mol. The molecule has 2 amide bonds. The van der Waals surface area contributed by atoms with Gasteiger partial charge >= 0.3 is 5.76 Å². The number of hydrogen-bond acceptors (Lipinski definition) is 6. The summed E-state index contributed by atoms with van der Waals surface area (Å²) in [6.07, 6.45) is 7.43. The summed E-state index contributed by atoms with van der Waals surface area (Å²) >= 11 is 0. The van der Waals surface area contributed by atoms with Crippen LogP contribution in [0.15, 0.2) is 63.8 Å². The van der Waals surface area contributed by atoms with Gasteiger partial charge in [0.2, 0.25) is 5.91 Å². The molecule has 3 aromatic rings. The van der Waals surface area contributed by atoms with Crippen molar-refractivity contribution in [2.75, 3.05) is 25.0 Å². The summed E-state index contributed by atoms with van der Waals surface area (Å²) in [5.74, 6) is 0.00217. The molecule has 1 saturated heterocycles. The van der Waals surface area contributed by atoms with Crippen LogP contribution >= 0.6 is 0 Å². The molecular weight excluding hydrogens is 472 g/mol. The van der Waals surface area contributed by atoms with Crippen LogP contribution in [0.1, 0.15) is 31.7 Å².